The maximum atomic E-state index is 13.0. The number of nitrogens with one attached hydrogen (secondary N) is 1. The molecule has 2 aromatic carbocycles. The number of aliphatic hydroxyl groups is 1. The van der Waals surface area contributed by atoms with Gasteiger partial charge in [0.15, 0.2) is 11.5 Å². The van der Waals surface area contributed by atoms with E-state index in [0.29, 0.717) is 32.6 Å². The number of halogens is 1. The van der Waals surface area contributed by atoms with Gasteiger partial charge in [0, 0.05) is 12.1 Å². The number of aliphatic hydroxyl groups excluding tert-OH is 1. The van der Waals surface area contributed by atoms with E-state index in [2.05, 4.69) is 10.3 Å². The van der Waals surface area contributed by atoms with Crippen LogP contribution in [0.5, 0.6) is 11.5 Å². The summed E-state index contributed by atoms with van der Waals surface area (Å²) in [7, 11) is 3.12. The average molecular weight is 416 g/mol. The van der Waals surface area contributed by atoms with E-state index in [4.69, 9.17) is 9.47 Å². The van der Waals surface area contributed by atoms with Gasteiger partial charge in [0.2, 0.25) is 0 Å². The molecule has 0 saturated carbocycles. The first kappa shape index (κ1) is 20.8. The number of benzene rings is 2. The average Bonchev–Trinajstić information content (AvgIpc) is 3.13. The number of aromatic nitrogens is 1. The van der Waals surface area contributed by atoms with Crippen molar-refractivity contribution in [1.82, 2.24) is 10.3 Å². The second kappa shape index (κ2) is 9.02. The molecule has 0 aliphatic rings. The van der Waals surface area contributed by atoms with Gasteiger partial charge in [0.25, 0.3) is 5.91 Å². The third-order valence-electron chi connectivity index (χ3n) is 4.34. The summed E-state index contributed by atoms with van der Waals surface area (Å²) in [5, 5.41) is 13.6. The van der Waals surface area contributed by atoms with E-state index in [0.717, 1.165) is 5.56 Å². The molecule has 3 aromatic rings. The highest BCUT2D eigenvalue weighted by atomic mass is 32.1. The van der Waals surface area contributed by atoms with Crippen LogP contribution in [0.3, 0.4) is 0 Å². The fourth-order valence-corrected chi connectivity index (χ4v) is 3.75. The van der Waals surface area contributed by atoms with Crippen LogP contribution in [0.25, 0.3) is 10.6 Å². The zero-order chi connectivity index (χ0) is 21.0. The van der Waals surface area contributed by atoms with Crippen LogP contribution in [0, 0.1) is 12.7 Å². The topological polar surface area (TPSA) is 80.7 Å². The molecule has 1 unspecified atom stereocenters. The van der Waals surface area contributed by atoms with Gasteiger partial charge in [-0.3, -0.25) is 4.79 Å². The fourth-order valence-electron chi connectivity index (χ4n) is 2.77. The third-order valence-corrected chi connectivity index (χ3v) is 5.55. The standard InChI is InChI=1S/C21H21FN2O4S/c1-12-19(20(26)23-11-16(25)13-4-7-15(22)8-5-13)29-21(24-12)14-6-9-17(27-2)18(10-14)28-3/h4-10,16,25H,11H2,1-3H3,(H,23,26). The quantitative estimate of drug-likeness (QED) is 0.613. The number of ether oxygens (including phenoxy) is 2. The Morgan fingerprint density at radius 3 is 2.52 bits per heavy atom. The number of hydrogen-bond donors (Lipinski definition) is 2. The van der Waals surface area contributed by atoms with E-state index in [-0.39, 0.29) is 18.3 Å². The minimum Gasteiger partial charge on any atom is -0.493 e. The van der Waals surface area contributed by atoms with Crippen LogP contribution in [0.4, 0.5) is 4.39 Å². The van der Waals surface area contributed by atoms with Crippen molar-refractivity contribution < 1.29 is 23.8 Å². The minimum atomic E-state index is -0.932. The zero-order valence-electron chi connectivity index (χ0n) is 16.2. The number of rotatable bonds is 7. The van der Waals surface area contributed by atoms with Crippen LogP contribution in [0.15, 0.2) is 42.5 Å². The number of nitrogens with zero attached hydrogens (tertiary/aromatic N) is 1. The fraction of sp³-hybridized carbons (Fsp3) is 0.238. The molecule has 29 heavy (non-hydrogen) atoms. The van der Waals surface area contributed by atoms with Crippen molar-refractivity contribution >= 4 is 17.2 Å². The molecule has 1 heterocycles. The predicted molar refractivity (Wildman–Crippen MR) is 109 cm³/mol. The van der Waals surface area contributed by atoms with E-state index in [1.165, 1.54) is 35.6 Å². The summed E-state index contributed by atoms with van der Waals surface area (Å²) >= 11 is 1.25. The zero-order valence-corrected chi connectivity index (χ0v) is 17.0. The molecular weight excluding hydrogens is 395 g/mol. The van der Waals surface area contributed by atoms with Gasteiger partial charge in [-0.15, -0.1) is 11.3 Å². The summed E-state index contributed by atoms with van der Waals surface area (Å²) in [4.78, 5) is 17.5. The highest BCUT2D eigenvalue weighted by molar-refractivity contribution is 7.17. The van der Waals surface area contributed by atoms with Crippen molar-refractivity contribution in [3.05, 3.63) is 64.4 Å². The predicted octanol–water partition coefficient (Wildman–Crippen LogP) is 3.74. The van der Waals surface area contributed by atoms with Crippen molar-refractivity contribution in [2.24, 2.45) is 0 Å². The molecule has 2 N–H and O–H groups in total. The largest absolute Gasteiger partial charge is 0.493 e. The summed E-state index contributed by atoms with van der Waals surface area (Å²) < 4.78 is 23.5. The maximum Gasteiger partial charge on any atom is 0.263 e. The lowest BCUT2D eigenvalue weighted by molar-refractivity contribution is 0.0919. The van der Waals surface area contributed by atoms with Crippen LogP contribution < -0.4 is 14.8 Å². The first-order valence-electron chi connectivity index (χ1n) is 8.84. The van der Waals surface area contributed by atoms with Crippen LogP contribution in [0.2, 0.25) is 0 Å². The normalized spacial score (nSPS) is 11.8. The molecular formula is C21H21FN2O4S. The van der Waals surface area contributed by atoms with Gasteiger partial charge < -0.3 is 19.9 Å². The third kappa shape index (κ3) is 4.72. The number of carbonyl (C=O) groups excluding carboxylic acids is 1. The molecule has 3 rings (SSSR count). The van der Waals surface area contributed by atoms with E-state index in [9.17, 15) is 14.3 Å². The molecule has 1 aromatic heterocycles. The molecule has 0 aliphatic heterocycles. The Hall–Kier alpha value is -2.97. The molecule has 1 atom stereocenters. The molecule has 1 amide bonds. The number of amides is 1. The van der Waals surface area contributed by atoms with Crippen LogP contribution in [-0.4, -0.2) is 36.8 Å². The first-order valence-corrected chi connectivity index (χ1v) is 9.66. The molecule has 0 aliphatic carbocycles. The SMILES string of the molecule is COc1ccc(-c2nc(C)c(C(=O)NCC(O)c3ccc(F)cc3)s2)cc1OC. The van der Waals surface area contributed by atoms with Crippen molar-refractivity contribution in [1.29, 1.82) is 0 Å². The first-order chi connectivity index (χ1) is 13.9. The van der Waals surface area contributed by atoms with Gasteiger partial charge in [-0.1, -0.05) is 12.1 Å². The van der Waals surface area contributed by atoms with E-state index >= 15 is 0 Å². The summed E-state index contributed by atoms with van der Waals surface area (Å²) in [6.07, 6.45) is -0.932. The number of aryl methyl sites for hydroxylation is 1. The lowest BCUT2D eigenvalue weighted by atomic mass is 10.1. The summed E-state index contributed by atoms with van der Waals surface area (Å²) in [5.74, 6) is 0.476. The Kier molecular flexibility index (Phi) is 6.46. The smallest absolute Gasteiger partial charge is 0.263 e. The maximum absolute atomic E-state index is 13.0. The summed E-state index contributed by atoms with van der Waals surface area (Å²) in [6.45, 7) is 1.76. The van der Waals surface area contributed by atoms with Gasteiger partial charge in [0.1, 0.15) is 15.7 Å². The van der Waals surface area contributed by atoms with Gasteiger partial charge >= 0.3 is 0 Å². The molecule has 0 saturated heterocycles. The Balaban J connectivity index is 1.72. The van der Waals surface area contributed by atoms with Gasteiger partial charge in [-0.05, 0) is 42.8 Å². The Labute approximate surface area is 171 Å². The van der Waals surface area contributed by atoms with E-state index in [1.807, 2.05) is 6.07 Å². The van der Waals surface area contributed by atoms with Crippen LogP contribution in [0.1, 0.15) is 27.0 Å². The molecule has 0 radical (unpaired) electrons. The highest BCUT2D eigenvalue weighted by Crippen LogP contribution is 2.35. The number of hydrogen-bond acceptors (Lipinski definition) is 6. The van der Waals surface area contributed by atoms with Crippen molar-refractivity contribution in [3.63, 3.8) is 0 Å². The van der Waals surface area contributed by atoms with Crippen LogP contribution in [-0.2, 0) is 0 Å². The lowest BCUT2D eigenvalue weighted by Gasteiger charge is -2.12. The monoisotopic (exact) mass is 416 g/mol. The van der Waals surface area contributed by atoms with Crippen molar-refractivity contribution in [3.8, 4) is 22.1 Å². The van der Waals surface area contributed by atoms with Gasteiger partial charge in [-0.2, -0.15) is 0 Å². The van der Waals surface area contributed by atoms with Crippen molar-refractivity contribution in [2.75, 3.05) is 20.8 Å². The molecule has 152 valence electrons. The molecule has 6 nitrogen and oxygen atoms in total. The molecule has 8 heteroatoms. The van der Waals surface area contributed by atoms with E-state index in [1.54, 1.807) is 33.3 Å². The summed E-state index contributed by atoms with van der Waals surface area (Å²) in [5.41, 5.74) is 1.92. The van der Waals surface area contributed by atoms with Crippen LogP contribution >= 0.6 is 11.3 Å². The number of thiazole rings is 1. The second-order valence-corrected chi connectivity index (χ2v) is 7.28. The van der Waals surface area contributed by atoms with Gasteiger partial charge in [0.05, 0.1) is 26.0 Å². The minimum absolute atomic E-state index is 0.00744. The highest BCUT2D eigenvalue weighted by Gasteiger charge is 2.18. The van der Waals surface area contributed by atoms with Crippen molar-refractivity contribution in [2.45, 2.75) is 13.0 Å². The Morgan fingerprint density at radius 1 is 1.17 bits per heavy atom. The Morgan fingerprint density at radius 2 is 1.86 bits per heavy atom. The number of carbonyl (C=O) groups is 1. The lowest BCUT2D eigenvalue weighted by Crippen LogP contribution is -2.28. The van der Waals surface area contributed by atoms with E-state index < -0.39 is 6.10 Å². The molecule has 0 spiro atoms. The molecule has 0 bridgehead atoms. The molecule has 0 fully saturated rings. The van der Waals surface area contributed by atoms with Gasteiger partial charge in [-0.25, -0.2) is 9.37 Å². The summed E-state index contributed by atoms with van der Waals surface area (Å²) in [6, 6.07) is 10.9. The Bertz CT molecular complexity index is 1000. The second-order valence-electron chi connectivity index (χ2n) is 6.28. The number of methoxy groups -OCH3 is 2.